The van der Waals surface area contributed by atoms with Crippen LogP contribution >= 0.6 is 0 Å². The SMILES string of the molecule is CCCCC(CC)CN1CCC(C)(C(=N)N)CC1. The molecular weight excluding hydrogens is 222 g/mol. The molecule has 0 bridgehead atoms. The molecule has 0 aromatic carbocycles. The van der Waals surface area contributed by atoms with Crippen LogP contribution in [0.3, 0.4) is 0 Å². The number of rotatable bonds is 7. The molecule has 0 aromatic heterocycles. The fourth-order valence-electron chi connectivity index (χ4n) is 2.78. The third-order valence-electron chi connectivity index (χ3n) is 4.67. The first-order chi connectivity index (χ1) is 8.51. The molecule has 1 heterocycles. The van der Waals surface area contributed by atoms with Gasteiger partial charge < -0.3 is 10.6 Å². The van der Waals surface area contributed by atoms with Gasteiger partial charge in [0.15, 0.2) is 0 Å². The van der Waals surface area contributed by atoms with Crippen molar-refractivity contribution in [3.8, 4) is 0 Å². The predicted octanol–water partition coefficient (Wildman–Crippen LogP) is 3.24. The third kappa shape index (κ3) is 4.27. The summed E-state index contributed by atoms with van der Waals surface area (Å²) in [5.74, 6) is 1.23. The third-order valence-corrected chi connectivity index (χ3v) is 4.67. The Morgan fingerprint density at radius 3 is 2.39 bits per heavy atom. The van der Waals surface area contributed by atoms with Crippen molar-refractivity contribution in [2.24, 2.45) is 17.1 Å². The van der Waals surface area contributed by atoms with Crippen molar-refractivity contribution in [1.29, 1.82) is 5.41 Å². The fraction of sp³-hybridized carbons (Fsp3) is 0.933. The Kier molecular flexibility index (Phi) is 6.13. The van der Waals surface area contributed by atoms with Crippen LogP contribution in [-0.2, 0) is 0 Å². The van der Waals surface area contributed by atoms with E-state index in [4.69, 9.17) is 11.1 Å². The van der Waals surface area contributed by atoms with Crippen LogP contribution in [0.2, 0.25) is 0 Å². The Bertz CT molecular complexity index is 254. The molecule has 106 valence electrons. The topological polar surface area (TPSA) is 53.1 Å². The molecule has 0 spiro atoms. The highest BCUT2D eigenvalue weighted by molar-refractivity contribution is 5.83. The Labute approximate surface area is 113 Å². The standard InChI is InChI=1S/C15H31N3/c1-4-6-7-13(5-2)12-18-10-8-15(3,9-11-18)14(16)17/h13H,4-12H2,1-3H3,(H3,16,17). The molecule has 0 aromatic rings. The molecule has 1 aliphatic rings. The summed E-state index contributed by atoms with van der Waals surface area (Å²) >= 11 is 0. The smallest absolute Gasteiger partial charge is 0.0966 e. The second-order valence-corrected chi connectivity index (χ2v) is 6.19. The molecule has 3 nitrogen and oxygen atoms in total. The molecule has 0 saturated carbocycles. The lowest BCUT2D eigenvalue weighted by Crippen LogP contribution is -2.46. The van der Waals surface area contributed by atoms with Crippen LogP contribution in [0.25, 0.3) is 0 Å². The van der Waals surface area contributed by atoms with Crippen molar-refractivity contribution < 1.29 is 0 Å². The van der Waals surface area contributed by atoms with E-state index in [-0.39, 0.29) is 5.41 Å². The Balaban J connectivity index is 2.36. The van der Waals surface area contributed by atoms with E-state index in [1.807, 2.05) is 0 Å². The number of nitrogens with one attached hydrogen (secondary N) is 1. The van der Waals surface area contributed by atoms with Crippen LogP contribution in [0.1, 0.15) is 59.3 Å². The number of hydrogen-bond acceptors (Lipinski definition) is 2. The summed E-state index contributed by atoms with van der Waals surface area (Å²) in [7, 11) is 0. The summed E-state index contributed by atoms with van der Waals surface area (Å²) in [6.07, 6.45) is 7.42. The summed E-state index contributed by atoms with van der Waals surface area (Å²) in [5, 5.41) is 7.68. The number of unbranched alkanes of at least 4 members (excludes halogenated alkanes) is 1. The number of hydrogen-bond donors (Lipinski definition) is 2. The Hall–Kier alpha value is -0.570. The van der Waals surface area contributed by atoms with Gasteiger partial charge in [0.25, 0.3) is 0 Å². The maximum Gasteiger partial charge on any atom is 0.0966 e. The van der Waals surface area contributed by atoms with E-state index in [9.17, 15) is 0 Å². The molecule has 1 atom stereocenters. The molecule has 1 fully saturated rings. The van der Waals surface area contributed by atoms with Gasteiger partial charge in [-0.2, -0.15) is 0 Å². The summed E-state index contributed by atoms with van der Waals surface area (Å²) in [5.41, 5.74) is 5.66. The maximum absolute atomic E-state index is 7.68. The summed E-state index contributed by atoms with van der Waals surface area (Å²) in [6, 6.07) is 0. The highest BCUT2D eigenvalue weighted by Gasteiger charge is 2.33. The zero-order valence-electron chi connectivity index (χ0n) is 12.5. The van der Waals surface area contributed by atoms with Gasteiger partial charge in [0.05, 0.1) is 5.84 Å². The van der Waals surface area contributed by atoms with Crippen molar-refractivity contribution in [1.82, 2.24) is 4.90 Å². The van der Waals surface area contributed by atoms with E-state index < -0.39 is 0 Å². The molecule has 1 aliphatic heterocycles. The average molecular weight is 253 g/mol. The Morgan fingerprint density at radius 1 is 1.33 bits per heavy atom. The second-order valence-electron chi connectivity index (χ2n) is 6.19. The first-order valence-corrected chi connectivity index (χ1v) is 7.58. The molecule has 1 saturated heterocycles. The number of nitrogens with zero attached hydrogens (tertiary/aromatic N) is 1. The molecule has 1 rings (SSSR count). The van der Waals surface area contributed by atoms with Crippen LogP contribution in [0, 0.1) is 16.7 Å². The van der Waals surface area contributed by atoms with Gasteiger partial charge in [-0.15, -0.1) is 0 Å². The van der Waals surface area contributed by atoms with Crippen LogP contribution in [0.4, 0.5) is 0 Å². The number of nitrogens with two attached hydrogens (primary N) is 1. The van der Waals surface area contributed by atoms with Crippen molar-refractivity contribution in [2.45, 2.75) is 59.3 Å². The highest BCUT2D eigenvalue weighted by Crippen LogP contribution is 2.31. The zero-order chi connectivity index (χ0) is 13.6. The van der Waals surface area contributed by atoms with E-state index in [1.54, 1.807) is 0 Å². The molecule has 1 unspecified atom stereocenters. The number of piperidine rings is 1. The average Bonchev–Trinajstić information content (AvgIpc) is 2.36. The first-order valence-electron chi connectivity index (χ1n) is 7.58. The molecule has 0 amide bonds. The normalized spacial score (nSPS) is 21.7. The number of likely N-dealkylation sites (tertiary alicyclic amines) is 1. The first kappa shape index (κ1) is 15.5. The second kappa shape index (κ2) is 7.13. The van der Waals surface area contributed by atoms with Gasteiger partial charge >= 0.3 is 0 Å². The molecule has 0 aliphatic carbocycles. The van der Waals surface area contributed by atoms with Gasteiger partial charge in [-0.25, -0.2) is 0 Å². The maximum atomic E-state index is 7.68. The minimum absolute atomic E-state index is 0.0400. The molecular formula is C15H31N3. The van der Waals surface area contributed by atoms with Gasteiger partial charge in [0.1, 0.15) is 0 Å². The lowest BCUT2D eigenvalue weighted by Gasteiger charge is -2.39. The minimum Gasteiger partial charge on any atom is -0.387 e. The predicted molar refractivity (Wildman–Crippen MR) is 79.0 cm³/mol. The highest BCUT2D eigenvalue weighted by atomic mass is 15.1. The van der Waals surface area contributed by atoms with Crippen LogP contribution in [0.5, 0.6) is 0 Å². The van der Waals surface area contributed by atoms with Crippen molar-refractivity contribution in [3.05, 3.63) is 0 Å². The molecule has 3 heteroatoms. The van der Waals surface area contributed by atoms with Gasteiger partial charge in [0, 0.05) is 12.0 Å². The van der Waals surface area contributed by atoms with Crippen molar-refractivity contribution >= 4 is 5.84 Å². The monoisotopic (exact) mass is 253 g/mol. The zero-order valence-corrected chi connectivity index (χ0v) is 12.5. The van der Waals surface area contributed by atoms with Gasteiger partial charge in [-0.3, -0.25) is 5.41 Å². The summed E-state index contributed by atoms with van der Waals surface area (Å²) < 4.78 is 0. The van der Waals surface area contributed by atoms with Gasteiger partial charge in [0.2, 0.25) is 0 Å². The van der Waals surface area contributed by atoms with Crippen molar-refractivity contribution in [3.63, 3.8) is 0 Å². The van der Waals surface area contributed by atoms with Gasteiger partial charge in [-0.1, -0.05) is 40.0 Å². The van der Waals surface area contributed by atoms with Crippen LogP contribution in [-0.4, -0.2) is 30.4 Å². The van der Waals surface area contributed by atoms with Gasteiger partial charge in [-0.05, 0) is 38.3 Å². The molecule has 3 N–H and O–H groups in total. The van der Waals surface area contributed by atoms with E-state index in [0.717, 1.165) is 31.8 Å². The molecule has 18 heavy (non-hydrogen) atoms. The fourth-order valence-corrected chi connectivity index (χ4v) is 2.78. The summed E-state index contributed by atoms with van der Waals surface area (Å²) in [4.78, 5) is 2.58. The van der Waals surface area contributed by atoms with E-state index >= 15 is 0 Å². The summed E-state index contributed by atoms with van der Waals surface area (Å²) in [6.45, 7) is 10.2. The minimum atomic E-state index is -0.0400. The van der Waals surface area contributed by atoms with E-state index in [0.29, 0.717) is 5.84 Å². The van der Waals surface area contributed by atoms with E-state index in [2.05, 4.69) is 25.7 Å². The van der Waals surface area contributed by atoms with Crippen LogP contribution in [0.15, 0.2) is 0 Å². The Morgan fingerprint density at radius 2 is 1.94 bits per heavy atom. The lowest BCUT2D eigenvalue weighted by molar-refractivity contribution is 0.137. The largest absolute Gasteiger partial charge is 0.387 e. The van der Waals surface area contributed by atoms with Crippen LogP contribution < -0.4 is 5.73 Å². The quantitative estimate of drug-likeness (QED) is 0.540. The lowest BCUT2D eigenvalue weighted by atomic mass is 9.79. The van der Waals surface area contributed by atoms with E-state index in [1.165, 1.54) is 32.2 Å². The number of amidine groups is 1. The molecule has 0 radical (unpaired) electrons. The van der Waals surface area contributed by atoms with Crippen molar-refractivity contribution in [2.75, 3.05) is 19.6 Å².